The second-order valence-electron chi connectivity index (χ2n) is 5.07. The van der Waals surface area contributed by atoms with E-state index in [1.165, 1.54) is 25.3 Å². The maximum absolute atomic E-state index is 10.9. The van der Waals surface area contributed by atoms with E-state index >= 15 is 0 Å². The van der Waals surface area contributed by atoms with E-state index < -0.39 is 0 Å². The molecular formula is C15H25N3O. The lowest BCUT2D eigenvalue weighted by molar-refractivity contribution is -0.114. The van der Waals surface area contributed by atoms with Crippen molar-refractivity contribution in [3.05, 3.63) is 29.8 Å². The van der Waals surface area contributed by atoms with Gasteiger partial charge in [-0.15, -0.1) is 0 Å². The number of nitrogens with zero attached hydrogens (tertiary/aromatic N) is 1. The standard InChI is InChI=1S/C15H25N3O/c1-13(19)17-15-8-6-14(7-9-15)12-16-10-4-5-11-18(2)3/h6-9,16H,4-5,10-12H2,1-3H3,(H,17,19). The highest BCUT2D eigenvalue weighted by molar-refractivity contribution is 5.88. The van der Waals surface area contributed by atoms with Crippen LogP contribution in [0.5, 0.6) is 0 Å². The number of amides is 1. The average Bonchev–Trinajstić information content (AvgIpc) is 2.34. The van der Waals surface area contributed by atoms with Crippen molar-refractivity contribution in [3.8, 4) is 0 Å². The number of unbranched alkanes of at least 4 members (excludes halogenated alkanes) is 1. The molecule has 1 aromatic rings. The predicted molar refractivity (Wildman–Crippen MR) is 80.2 cm³/mol. The van der Waals surface area contributed by atoms with Crippen LogP contribution in [0.15, 0.2) is 24.3 Å². The van der Waals surface area contributed by atoms with Gasteiger partial charge in [0.25, 0.3) is 0 Å². The Morgan fingerprint density at radius 3 is 2.42 bits per heavy atom. The summed E-state index contributed by atoms with van der Waals surface area (Å²) in [6.07, 6.45) is 2.42. The number of carbonyl (C=O) groups is 1. The van der Waals surface area contributed by atoms with Gasteiger partial charge in [-0.25, -0.2) is 0 Å². The SMILES string of the molecule is CC(=O)Nc1ccc(CNCCCCN(C)C)cc1. The highest BCUT2D eigenvalue weighted by atomic mass is 16.1. The second kappa shape index (κ2) is 8.67. The van der Waals surface area contributed by atoms with Crippen molar-refractivity contribution in [1.29, 1.82) is 0 Å². The Bertz CT molecular complexity index is 373. The van der Waals surface area contributed by atoms with Gasteiger partial charge in [0.2, 0.25) is 5.91 Å². The minimum absolute atomic E-state index is 0.0354. The van der Waals surface area contributed by atoms with Crippen LogP contribution in [-0.2, 0) is 11.3 Å². The molecule has 106 valence electrons. The van der Waals surface area contributed by atoms with Gasteiger partial charge in [-0.05, 0) is 57.7 Å². The minimum atomic E-state index is -0.0354. The van der Waals surface area contributed by atoms with Gasteiger partial charge in [-0.3, -0.25) is 4.79 Å². The van der Waals surface area contributed by atoms with Gasteiger partial charge in [0, 0.05) is 19.2 Å². The summed E-state index contributed by atoms with van der Waals surface area (Å²) in [7, 11) is 4.20. The Balaban J connectivity index is 2.17. The highest BCUT2D eigenvalue weighted by Gasteiger charge is 1.97. The van der Waals surface area contributed by atoms with Crippen LogP contribution in [0.4, 0.5) is 5.69 Å². The summed E-state index contributed by atoms with van der Waals surface area (Å²) >= 11 is 0. The fraction of sp³-hybridized carbons (Fsp3) is 0.533. The third-order valence-corrected chi connectivity index (χ3v) is 2.81. The maximum Gasteiger partial charge on any atom is 0.221 e. The van der Waals surface area contributed by atoms with E-state index in [1.54, 1.807) is 0 Å². The summed E-state index contributed by atoms with van der Waals surface area (Å²) in [5.41, 5.74) is 2.09. The lowest BCUT2D eigenvalue weighted by atomic mass is 10.2. The quantitative estimate of drug-likeness (QED) is 0.706. The predicted octanol–water partition coefficient (Wildman–Crippen LogP) is 2.08. The zero-order valence-corrected chi connectivity index (χ0v) is 12.2. The van der Waals surface area contributed by atoms with E-state index in [-0.39, 0.29) is 5.91 Å². The molecule has 0 aromatic heterocycles. The van der Waals surface area contributed by atoms with Crippen LogP contribution in [-0.4, -0.2) is 38.0 Å². The van der Waals surface area contributed by atoms with Crippen molar-refractivity contribution < 1.29 is 4.79 Å². The molecule has 0 saturated heterocycles. The summed E-state index contributed by atoms with van der Waals surface area (Å²) in [5.74, 6) is -0.0354. The Morgan fingerprint density at radius 1 is 1.16 bits per heavy atom. The minimum Gasteiger partial charge on any atom is -0.326 e. The van der Waals surface area contributed by atoms with Gasteiger partial charge in [0.15, 0.2) is 0 Å². The van der Waals surface area contributed by atoms with Crippen LogP contribution in [0.1, 0.15) is 25.3 Å². The van der Waals surface area contributed by atoms with Gasteiger partial charge in [0.1, 0.15) is 0 Å². The van der Waals surface area contributed by atoms with Crippen LogP contribution >= 0.6 is 0 Å². The van der Waals surface area contributed by atoms with Crippen LogP contribution in [0.3, 0.4) is 0 Å². The van der Waals surface area contributed by atoms with Crippen molar-refractivity contribution in [3.63, 3.8) is 0 Å². The third kappa shape index (κ3) is 7.59. The van der Waals surface area contributed by atoms with E-state index in [0.29, 0.717) is 0 Å². The fourth-order valence-electron chi connectivity index (χ4n) is 1.82. The Hall–Kier alpha value is -1.39. The zero-order valence-electron chi connectivity index (χ0n) is 12.2. The normalized spacial score (nSPS) is 10.7. The largest absolute Gasteiger partial charge is 0.326 e. The number of benzene rings is 1. The molecule has 0 radical (unpaired) electrons. The first-order valence-electron chi connectivity index (χ1n) is 6.80. The van der Waals surface area contributed by atoms with Crippen molar-refractivity contribution in [2.24, 2.45) is 0 Å². The summed E-state index contributed by atoms with van der Waals surface area (Å²) in [6, 6.07) is 7.95. The molecule has 4 nitrogen and oxygen atoms in total. The van der Waals surface area contributed by atoms with Crippen molar-refractivity contribution >= 4 is 11.6 Å². The Kier molecular flexibility index (Phi) is 7.15. The van der Waals surface area contributed by atoms with Crippen LogP contribution in [0.25, 0.3) is 0 Å². The van der Waals surface area contributed by atoms with Gasteiger partial charge in [0.05, 0.1) is 0 Å². The zero-order chi connectivity index (χ0) is 14.1. The van der Waals surface area contributed by atoms with Crippen molar-refractivity contribution in [2.75, 3.05) is 32.5 Å². The van der Waals surface area contributed by atoms with Gasteiger partial charge in [-0.1, -0.05) is 12.1 Å². The van der Waals surface area contributed by atoms with Gasteiger partial charge in [-0.2, -0.15) is 0 Å². The molecule has 4 heteroatoms. The molecule has 1 rings (SSSR count). The highest BCUT2D eigenvalue weighted by Crippen LogP contribution is 2.09. The molecule has 0 spiro atoms. The van der Waals surface area contributed by atoms with Crippen LogP contribution in [0, 0.1) is 0 Å². The molecular weight excluding hydrogens is 238 g/mol. The molecule has 1 amide bonds. The summed E-state index contributed by atoms with van der Waals surface area (Å²) in [5, 5.41) is 6.19. The van der Waals surface area contributed by atoms with Crippen LogP contribution in [0.2, 0.25) is 0 Å². The molecule has 2 N–H and O–H groups in total. The average molecular weight is 263 g/mol. The molecule has 0 atom stereocenters. The van der Waals surface area contributed by atoms with Crippen LogP contribution < -0.4 is 10.6 Å². The van der Waals surface area contributed by atoms with E-state index in [1.807, 2.05) is 24.3 Å². The number of hydrogen-bond acceptors (Lipinski definition) is 3. The van der Waals surface area contributed by atoms with Gasteiger partial charge < -0.3 is 15.5 Å². The lowest BCUT2D eigenvalue weighted by Gasteiger charge is -2.09. The first-order chi connectivity index (χ1) is 9.08. The molecule has 0 aliphatic heterocycles. The molecule has 0 fully saturated rings. The van der Waals surface area contributed by atoms with E-state index in [9.17, 15) is 4.79 Å². The number of hydrogen-bond donors (Lipinski definition) is 2. The molecule has 19 heavy (non-hydrogen) atoms. The summed E-state index contributed by atoms with van der Waals surface area (Å²) < 4.78 is 0. The summed E-state index contributed by atoms with van der Waals surface area (Å²) in [4.78, 5) is 13.1. The fourth-order valence-corrected chi connectivity index (χ4v) is 1.82. The Morgan fingerprint density at radius 2 is 1.84 bits per heavy atom. The lowest BCUT2D eigenvalue weighted by Crippen LogP contribution is -2.18. The van der Waals surface area contributed by atoms with Crippen molar-refractivity contribution in [2.45, 2.75) is 26.3 Å². The topological polar surface area (TPSA) is 44.4 Å². The van der Waals surface area contributed by atoms with Crippen molar-refractivity contribution in [1.82, 2.24) is 10.2 Å². The number of anilines is 1. The van der Waals surface area contributed by atoms with Gasteiger partial charge >= 0.3 is 0 Å². The first-order valence-corrected chi connectivity index (χ1v) is 6.80. The maximum atomic E-state index is 10.9. The third-order valence-electron chi connectivity index (χ3n) is 2.81. The molecule has 1 aromatic carbocycles. The van der Waals surface area contributed by atoms with E-state index in [2.05, 4.69) is 29.6 Å². The number of carbonyl (C=O) groups excluding carboxylic acids is 1. The molecule has 0 unspecified atom stereocenters. The molecule has 0 heterocycles. The summed E-state index contributed by atoms with van der Waals surface area (Å²) in [6.45, 7) is 4.58. The monoisotopic (exact) mass is 263 g/mol. The molecule has 0 aliphatic rings. The smallest absolute Gasteiger partial charge is 0.221 e. The Labute approximate surface area is 116 Å². The number of rotatable bonds is 8. The number of nitrogens with one attached hydrogen (secondary N) is 2. The first kappa shape index (κ1) is 15.7. The second-order valence-corrected chi connectivity index (χ2v) is 5.07. The molecule has 0 bridgehead atoms. The van der Waals surface area contributed by atoms with E-state index in [4.69, 9.17) is 0 Å². The van der Waals surface area contributed by atoms with E-state index in [0.717, 1.165) is 25.3 Å². The molecule has 0 saturated carbocycles. The molecule has 0 aliphatic carbocycles.